The fourth-order valence-electron chi connectivity index (χ4n) is 2.55. The van der Waals surface area contributed by atoms with Crippen LogP contribution in [-0.2, 0) is 0 Å². The van der Waals surface area contributed by atoms with E-state index in [2.05, 4.69) is 35.4 Å². The molecule has 0 amide bonds. The highest BCUT2D eigenvalue weighted by Crippen LogP contribution is 2.33. The van der Waals surface area contributed by atoms with Crippen LogP contribution in [0, 0.1) is 0 Å². The van der Waals surface area contributed by atoms with E-state index in [-0.39, 0.29) is 6.04 Å². The van der Waals surface area contributed by atoms with Gasteiger partial charge in [-0.05, 0) is 24.6 Å². The Kier molecular flexibility index (Phi) is 3.47. The monoisotopic (exact) mass is 254 g/mol. The summed E-state index contributed by atoms with van der Waals surface area (Å²) >= 11 is 0. The van der Waals surface area contributed by atoms with Crippen LogP contribution in [0.3, 0.4) is 0 Å². The lowest BCUT2D eigenvalue weighted by Crippen LogP contribution is -2.29. The van der Waals surface area contributed by atoms with Gasteiger partial charge in [-0.1, -0.05) is 24.3 Å². The van der Waals surface area contributed by atoms with E-state index >= 15 is 0 Å². The van der Waals surface area contributed by atoms with Gasteiger partial charge in [0.15, 0.2) is 0 Å². The first-order valence-electron chi connectivity index (χ1n) is 6.72. The second kappa shape index (κ2) is 5.41. The van der Waals surface area contributed by atoms with Gasteiger partial charge in [0.25, 0.3) is 0 Å². The topological polar surface area (TPSA) is 34.1 Å². The molecule has 2 aromatic rings. The van der Waals surface area contributed by atoms with E-state index in [1.807, 2.05) is 24.4 Å². The minimum Gasteiger partial charge on any atom is -0.493 e. The summed E-state index contributed by atoms with van der Waals surface area (Å²) in [5.74, 6) is 1.00. The lowest BCUT2D eigenvalue weighted by Gasteiger charge is -2.29. The van der Waals surface area contributed by atoms with Crippen LogP contribution in [-0.4, -0.2) is 11.6 Å². The lowest BCUT2D eigenvalue weighted by atomic mass is 9.99. The van der Waals surface area contributed by atoms with Gasteiger partial charge in [-0.25, -0.2) is 0 Å². The average Bonchev–Trinajstić information content (AvgIpc) is 2.48. The Morgan fingerprint density at radius 3 is 3.00 bits per heavy atom. The van der Waals surface area contributed by atoms with Gasteiger partial charge < -0.3 is 10.1 Å². The molecule has 0 spiro atoms. The summed E-state index contributed by atoms with van der Waals surface area (Å²) in [4.78, 5) is 4.18. The molecule has 0 aliphatic carbocycles. The Bertz CT molecular complexity index is 541. The van der Waals surface area contributed by atoms with Crippen LogP contribution in [0.5, 0.6) is 5.75 Å². The minimum absolute atomic E-state index is 0.282. The van der Waals surface area contributed by atoms with Crippen LogP contribution in [0.2, 0.25) is 0 Å². The molecular formula is C16H18N2O. The van der Waals surface area contributed by atoms with Gasteiger partial charge in [0.05, 0.1) is 6.61 Å². The van der Waals surface area contributed by atoms with Crippen molar-refractivity contribution in [3.05, 3.63) is 59.9 Å². The predicted molar refractivity (Wildman–Crippen MR) is 75.1 cm³/mol. The number of ether oxygens (including phenoxy) is 1. The molecule has 3 heteroatoms. The molecule has 1 aromatic carbocycles. The van der Waals surface area contributed by atoms with Crippen LogP contribution >= 0.6 is 0 Å². The van der Waals surface area contributed by atoms with E-state index in [0.717, 1.165) is 18.8 Å². The predicted octanol–water partition coefficient (Wildman–Crippen LogP) is 3.26. The molecule has 0 saturated carbocycles. The molecule has 1 aliphatic rings. The third-order valence-electron chi connectivity index (χ3n) is 3.59. The van der Waals surface area contributed by atoms with Crippen LogP contribution in [0.25, 0.3) is 0 Å². The zero-order valence-corrected chi connectivity index (χ0v) is 11.0. The molecule has 1 aliphatic heterocycles. The molecule has 0 saturated heterocycles. The largest absolute Gasteiger partial charge is 0.493 e. The molecule has 3 rings (SSSR count). The third kappa shape index (κ3) is 2.61. The smallest absolute Gasteiger partial charge is 0.124 e. The van der Waals surface area contributed by atoms with Crippen LogP contribution in [0.15, 0.2) is 48.8 Å². The number of aromatic nitrogens is 1. The summed E-state index contributed by atoms with van der Waals surface area (Å²) in [6, 6.07) is 13.0. The second-order valence-electron chi connectivity index (χ2n) is 4.90. The van der Waals surface area contributed by atoms with Gasteiger partial charge >= 0.3 is 0 Å². The van der Waals surface area contributed by atoms with E-state index in [0.29, 0.717) is 6.04 Å². The molecule has 0 fully saturated rings. The molecule has 0 bridgehead atoms. The quantitative estimate of drug-likeness (QED) is 0.913. The lowest BCUT2D eigenvalue weighted by molar-refractivity contribution is 0.246. The van der Waals surface area contributed by atoms with Crippen LogP contribution < -0.4 is 10.1 Å². The summed E-state index contributed by atoms with van der Waals surface area (Å²) in [6.07, 6.45) is 4.73. The van der Waals surface area contributed by atoms with Crippen molar-refractivity contribution in [3.8, 4) is 5.75 Å². The van der Waals surface area contributed by atoms with Crippen molar-refractivity contribution in [1.82, 2.24) is 10.3 Å². The van der Waals surface area contributed by atoms with Crippen molar-refractivity contribution < 1.29 is 4.74 Å². The van der Waals surface area contributed by atoms with Crippen molar-refractivity contribution in [3.63, 3.8) is 0 Å². The Hall–Kier alpha value is -1.87. The number of hydrogen-bond donors (Lipinski definition) is 1. The molecular weight excluding hydrogens is 236 g/mol. The Balaban J connectivity index is 1.78. The molecule has 19 heavy (non-hydrogen) atoms. The summed E-state index contributed by atoms with van der Waals surface area (Å²) in [6.45, 7) is 2.95. The van der Waals surface area contributed by atoms with Crippen molar-refractivity contribution in [2.75, 3.05) is 6.61 Å². The number of fused-ring (bicyclic) bond motifs is 1. The van der Waals surface area contributed by atoms with E-state index in [1.54, 1.807) is 6.20 Å². The first kappa shape index (κ1) is 12.2. The maximum atomic E-state index is 5.69. The summed E-state index contributed by atoms with van der Waals surface area (Å²) in [5.41, 5.74) is 2.47. The normalized spacial score (nSPS) is 19.3. The van der Waals surface area contributed by atoms with Gasteiger partial charge in [-0.15, -0.1) is 0 Å². The number of rotatable bonds is 3. The molecule has 1 unspecified atom stereocenters. The van der Waals surface area contributed by atoms with Crippen LogP contribution in [0.4, 0.5) is 0 Å². The molecule has 1 aromatic heterocycles. The number of nitrogens with zero attached hydrogens (tertiary/aromatic N) is 1. The fraction of sp³-hybridized carbons (Fsp3) is 0.312. The summed E-state index contributed by atoms with van der Waals surface area (Å²) in [5, 5.41) is 3.67. The Morgan fingerprint density at radius 2 is 2.16 bits per heavy atom. The zero-order valence-electron chi connectivity index (χ0n) is 11.0. The Labute approximate surface area is 113 Å². The second-order valence-corrected chi connectivity index (χ2v) is 4.90. The molecule has 1 N–H and O–H groups in total. The zero-order chi connectivity index (χ0) is 13.1. The molecule has 98 valence electrons. The SMILES string of the molecule is C[C@H](NC1CCOc2ccccc21)c1cccnc1. The van der Waals surface area contributed by atoms with Crippen molar-refractivity contribution >= 4 is 0 Å². The first-order valence-corrected chi connectivity index (χ1v) is 6.72. The average molecular weight is 254 g/mol. The van der Waals surface area contributed by atoms with Gasteiger partial charge in [-0.2, -0.15) is 0 Å². The number of hydrogen-bond acceptors (Lipinski definition) is 3. The van der Waals surface area contributed by atoms with E-state index in [4.69, 9.17) is 4.74 Å². The summed E-state index contributed by atoms with van der Waals surface area (Å²) < 4.78 is 5.69. The molecule has 2 heterocycles. The van der Waals surface area contributed by atoms with Gasteiger partial charge in [-0.3, -0.25) is 4.98 Å². The van der Waals surface area contributed by atoms with Crippen molar-refractivity contribution in [2.24, 2.45) is 0 Å². The maximum absolute atomic E-state index is 5.69. The highest BCUT2D eigenvalue weighted by atomic mass is 16.5. The van der Waals surface area contributed by atoms with Crippen molar-refractivity contribution in [1.29, 1.82) is 0 Å². The Morgan fingerprint density at radius 1 is 1.26 bits per heavy atom. The number of benzene rings is 1. The minimum atomic E-state index is 0.282. The first-order chi connectivity index (χ1) is 9.34. The third-order valence-corrected chi connectivity index (χ3v) is 3.59. The number of para-hydroxylation sites is 1. The standard InChI is InChI=1S/C16H18N2O/c1-12(13-5-4-9-17-11-13)18-15-8-10-19-16-7-3-2-6-14(15)16/h2-7,9,11-12,15,18H,8,10H2,1H3/t12-,15?/m0/s1. The van der Waals surface area contributed by atoms with E-state index in [1.165, 1.54) is 11.1 Å². The molecule has 0 radical (unpaired) electrons. The highest BCUT2D eigenvalue weighted by Gasteiger charge is 2.22. The van der Waals surface area contributed by atoms with E-state index in [9.17, 15) is 0 Å². The van der Waals surface area contributed by atoms with Crippen molar-refractivity contribution in [2.45, 2.75) is 25.4 Å². The maximum Gasteiger partial charge on any atom is 0.124 e. The summed E-state index contributed by atoms with van der Waals surface area (Å²) in [7, 11) is 0. The van der Waals surface area contributed by atoms with E-state index < -0.39 is 0 Å². The highest BCUT2D eigenvalue weighted by molar-refractivity contribution is 5.37. The molecule has 3 nitrogen and oxygen atoms in total. The number of pyridine rings is 1. The molecule has 2 atom stereocenters. The van der Waals surface area contributed by atoms with Gasteiger partial charge in [0.2, 0.25) is 0 Å². The fourth-order valence-corrected chi connectivity index (χ4v) is 2.55. The number of nitrogens with one attached hydrogen (secondary N) is 1. The van der Waals surface area contributed by atoms with Gasteiger partial charge in [0, 0.05) is 36.5 Å². The van der Waals surface area contributed by atoms with Crippen LogP contribution in [0.1, 0.15) is 36.6 Å². The van der Waals surface area contributed by atoms with Gasteiger partial charge in [0.1, 0.15) is 5.75 Å².